The van der Waals surface area contributed by atoms with Crippen molar-refractivity contribution in [1.29, 1.82) is 0 Å². The number of nitrogens with zero attached hydrogens (tertiary/aromatic N) is 1. The van der Waals surface area contributed by atoms with Gasteiger partial charge in [-0.25, -0.2) is 0 Å². The summed E-state index contributed by atoms with van der Waals surface area (Å²) in [5.41, 5.74) is 0.917. The van der Waals surface area contributed by atoms with Gasteiger partial charge in [0.1, 0.15) is 5.75 Å². The topological polar surface area (TPSA) is 76.4 Å². The maximum atomic E-state index is 11.1. The van der Waals surface area contributed by atoms with Gasteiger partial charge in [-0.1, -0.05) is 0 Å². The molecule has 2 N–H and O–H groups in total. The summed E-state index contributed by atoms with van der Waals surface area (Å²) in [5, 5.41) is 29.8. The van der Waals surface area contributed by atoms with Crippen molar-refractivity contribution in [2.45, 2.75) is 6.10 Å². The molecule has 2 rings (SSSR count). The normalized spacial score (nSPS) is 12.4. The smallest absolute Gasteiger partial charge is 0.851 e. The zero-order valence-electron chi connectivity index (χ0n) is 8.54. The molecule has 80 valence electrons. The summed E-state index contributed by atoms with van der Waals surface area (Å²) >= 11 is 4.93. The quantitative estimate of drug-likeness (QED) is 0.560. The summed E-state index contributed by atoms with van der Waals surface area (Å²) in [6.07, 6.45) is -0.803. The van der Waals surface area contributed by atoms with E-state index >= 15 is 0 Å². The van der Waals surface area contributed by atoms with Crippen LogP contribution in [0.4, 0.5) is 0 Å². The predicted octanol–water partition coefficient (Wildman–Crippen LogP) is -1.96. The number of aliphatic hydroxyl groups is 1. The Morgan fingerprint density at radius 3 is 2.81 bits per heavy atom. The fourth-order valence-electron chi connectivity index (χ4n) is 1.37. The van der Waals surface area contributed by atoms with E-state index in [1.807, 2.05) is 0 Å². The average molecular weight is 328 g/mol. The number of aliphatic hydroxyl groups excluding tert-OH is 1. The van der Waals surface area contributed by atoms with Crippen molar-refractivity contribution in [3.05, 3.63) is 17.7 Å². The van der Waals surface area contributed by atoms with Gasteiger partial charge in [0, 0.05) is 22.6 Å². The molecule has 4 nitrogen and oxygen atoms in total. The molecule has 16 heavy (non-hydrogen) atoms. The zero-order chi connectivity index (χ0) is 11.0. The van der Waals surface area contributed by atoms with Crippen LogP contribution >= 0.6 is 24.0 Å². The number of thiazole rings is 1. The van der Waals surface area contributed by atoms with Gasteiger partial charge < -0.3 is 15.3 Å². The van der Waals surface area contributed by atoms with Crippen LogP contribution in [0.1, 0.15) is 11.7 Å². The molecule has 0 bridgehead atoms. The van der Waals surface area contributed by atoms with Gasteiger partial charge in [0.25, 0.3) is 0 Å². The Morgan fingerprint density at radius 1 is 1.50 bits per heavy atom. The molecule has 1 heterocycles. The van der Waals surface area contributed by atoms with Crippen molar-refractivity contribution >= 4 is 34.2 Å². The molecule has 1 unspecified atom stereocenters. The molecule has 1 aromatic carbocycles. The van der Waals surface area contributed by atoms with E-state index in [9.17, 15) is 15.3 Å². The first-order valence-corrected chi connectivity index (χ1v) is 5.66. The van der Waals surface area contributed by atoms with Crippen molar-refractivity contribution in [2.75, 3.05) is 5.75 Å². The SMILES string of the molecule is [O-]c1nc2cc(O)cc(C(O)CS)c2s1.[Rb+]. The number of fused-ring (bicyclic) bond motifs is 1. The standard InChI is InChI=1S/C9H9NO3S2.Rb/c11-4-1-5(7(12)3-14)8-6(2-4)10-9(13)15-8;/h1-2,7,11-12,14H,3H2,(H,10,13);/q;+1/p-1. The molecule has 0 radical (unpaired) electrons. The number of hydrogen-bond donors (Lipinski definition) is 3. The second-order valence-corrected chi connectivity index (χ2v) is 4.39. The average Bonchev–Trinajstić information content (AvgIpc) is 2.55. The van der Waals surface area contributed by atoms with E-state index in [1.54, 1.807) is 0 Å². The number of aromatic hydroxyl groups is 1. The first-order valence-electron chi connectivity index (χ1n) is 4.21. The predicted molar refractivity (Wildman–Crippen MR) is 59.5 cm³/mol. The van der Waals surface area contributed by atoms with Crippen molar-refractivity contribution in [3.8, 4) is 10.9 Å². The molecule has 0 aliphatic carbocycles. The second kappa shape index (κ2) is 6.13. The third-order valence-electron chi connectivity index (χ3n) is 2.02. The fraction of sp³-hybridized carbons (Fsp3) is 0.222. The van der Waals surface area contributed by atoms with E-state index in [1.165, 1.54) is 12.1 Å². The van der Waals surface area contributed by atoms with Crippen LogP contribution in [0.15, 0.2) is 12.1 Å². The molecule has 1 atom stereocenters. The van der Waals surface area contributed by atoms with E-state index in [4.69, 9.17) is 0 Å². The van der Waals surface area contributed by atoms with E-state index in [-0.39, 0.29) is 74.9 Å². The molecule has 0 amide bonds. The van der Waals surface area contributed by atoms with Gasteiger partial charge in [0.15, 0.2) is 0 Å². The molecule has 0 saturated heterocycles. The minimum atomic E-state index is -0.803. The molecule has 2 aromatic rings. The molecular formula is C9H8NO3RbS2. The molecule has 0 aliphatic heterocycles. The molecule has 1 aromatic heterocycles. The number of phenolic OH excluding ortho intramolecular Hbond substituents is 1. The van der Waals surface area contributed by atoms with E-state index in [2.05, 4.69) is 17.6 Å². The van der Waals surface area contributed by atoms with Crippen LogP contribution in [0, 0.1) is 0 Å². The zero-order valence-corrected chi connectivity index (χ0v) is 15.2. The number of aromatic nitrogens is 1. The maximum absolute atomic E-state index is 11.1. The minimum absolute atomic E-state index is 0. The Hall–Kier alpha value is 0.825. The van der Waals surface area contributed by atoms with Crippen LogP contribution in [0.2, 0.25) is 0 Å². The van der Waals surface area contributed by atoms with Gasteiger partial charge in [0.2, 0.25) is 0 Å². The molecule has 0 spiro atoms. The monoisotopic (exact) mass is 327 g/mol. The number of hydrogen-bond acceptors (Lipinski definition) is 6. The number of rotatable bonds is 2. The maximum Gasteiger partial charge on any atom is 1.00 e. The van der Waals surface area contributed by atoms with E-state index in [0.717, 1.165) is 11.3 Å². The van der Waals surface area contributed by atoms with Crippen molar-refractivity contribution < 1.29 is 73.5 Å². The summed E-state index contributed by atoms with van der Waals surface area (Å²) in [6, 6.07) is 2.84. The van der Waals surface area contributed by atoms with Gasteiger partial charge in [-0.3, -0.25) is 4.98 Å². The summed E-state index contributed by atoms with van der Waals surface area (Å²) in [7, 11) is 0. The van der Waals surface area contributed by atoms with Crippen LogP contribution in [-0.2, 0) is 0 Å². The van der Waals surface area contributed by atoms with Gasteiger partial charge >= 0.3 is 58.2 Å². The minimum Gasteiger partial charge on any atom is -0.851 e. The van der Waals surface area contributed by atoms with E-state index in [0.29, 0.717) is 15.8 Å². The second-order valence-electron chi connectivity index (χ2n) is 3.06. The Bertz CT molecular complexity index is 503. The Balaban J connectivity index is 0.00000128. The number of benzene rings is 1. The van der Waals surface area contributed by atoms with Crippen LogP contribution in [0.25, 0.3) is 10.2 Å². The van der Waals surface area contributed by atoms with Crippen molar-refractivity contribution in [3.63, 3.8) is 0 Å². The molecule has 0 saturated carbocycles. The van der Waals surface area contributed by atoms with Gasteiger partial charge in [-0.2, -0.15) is 12.6 Å². The molecule has 0 aliphatic rings. The summed E-state index contributed by atoms with van der Waals surface area (Å²) in [4.78, 5) is 3.72. The summed E-state index contributed by atoms with van der Waals surface area (Å²) in [5.74, 6) is 0.216. The number of thiol groups is 1. The first-order chi connectivity index (χ1) is 7.11. The fourth-order valence-corrected chi connectivity index (χ4v) is 2.41. The van der Waals surface area contributed by atoms with Crippen LogP contribution < -0.4 is 63.3 Å². The molecule has 7 heteroatoms. The third kappa shape index (κ3) is 2.98. The third-order valence-corrected chi connectivity index (χ3v) is 3.28. The Kier molecular flexibility index (Phi) is 5.70. The molecular weight excluding hydrogens is 320 g/mol. The van der Waals surface area contributed by atoms with Crippen LogP contribution in [0.5, 0.6) is 10.9 Å². The van der Waals surface area contributed by atoms with Crippen molar-refractivity contribution in [1.82, 2.24) is 4.98 Å². The van der Waals surface area contributed by atoms with Gasteiger partial charge in [0.05, 0.1) is 16.3 Å². The van der Waals surface area contributed by atoms with E-state index < -0.39 is 6.10 Å². The van der Waals surface area contributed by atoms with Gasteiger partial charge in [-0.15, -0.1) is 11.3 Å². The number of phenols is 1. The largest absolute Gasteiger partial charge is 1.00 e. The van der Waals surface area contributed by atoms with Crippen LogP contribution in [-0.4, -0.2) is 20.9 Å². The Morgan fingerprint density at radius 2 is 2.19 bits per heavy atom. The Labute approximate surface area is 151 Å². The summed E-state index contributed by atoms with van der Waals surface area (Å²) < 4.78 is 0.611. The van der Waals surface area contributed by atoms with Crippen LogP contribution in [0.3, 0.4) is 0 Å². The molecule has 0 fully saturated rings. The van der Waals surface area contributed by atoms with Crippen molar-refractivity contribution in [2.24, 2.45) is 0 Å². The summed E-state index contributed by atoms with van der Waals surface area (Å²) in [6.45, 7) is 0. The first kappa shape index (κ1) is 14.9. The van der Waals surface area contributed by atoms with Gasteiger partial charge in [-0.05, 0) is 6.07 Å².